The highest BCUT2D eigenvalue weighted by Crippen LogP contribution is 2.31. The van der Waals surface area contributed by atoms with Crippen LogP contribution in [0.1, 0.15) is 71.1 Å². The van der Waals surface area contributed by atoms with Crippen molar-refractivity contribution < 1.29 is 71.8 Å². The van der Waals surface area contributed by atoms with Crippen LogP contribution in [-0.4, -0.2) is 39.8 Å². The van der Waals surface area contributed by atoms with E-state index in [0.29, 0.717) is 35.8 Å². The van der Waals surface area contributed by atoms with Crippen LogP contribution in [0.15, 0.2) is 216 Å². The first-order valence-corrected chi connectivity index (χ1v) is 26.3. The van der Waals surface area contributed by atoms with Crippen molar-refractivity contribution in [3.8, 4) is 11.5 Å². The molecule has 0 fully saturated rings. The van der Waals surface area contributed by atoms with Gasteiger partial charge in [-0.3, -0.25) is 19.2 Å². The summed E-state index contributed by atoms with van der Waals surface area (Å²) in [5.74, 6) is -1.26. The van der Waals surface area contributed by atoms with E-state index in [0.717, 1.165) is 47.5 Å². The Bertz CT molecular complexity index is 3650. The summed E-state index contributed by atoms with van der Waals surface area (Å²) in [5.41, 5.74) is 0.478. The third-order valence-electron chi connectivity index (χ3n) is 10.7. The van der Waals surface area contributed by atoms with E-state index < -0.39 is 71.4 Å². The van der Waals surface area contributed by atoms with E-state index in [1.165, 1.54) is 54.6 Å². The highest BCUT2D eigenvalue weighted by molar-refractivity contribution is 7.90. The number of hydrogen-bond donors (Lipinski definition) is 4. The topological polar surface area (TPSA) is 217 Å². The molecule has 3 amide bonds. The maximum absolute atomic E-state index is 13.0. The molecule has 23 heteroatoms. The van der Waals surface area contributed by atoms with Gasteiger partial charge < -0.3 is 20.1 Å². The SMILES string of the molecule is C.NS(=O)(=O)c1ccccc1NC(=O)c1cccc(OCc2ccccc2)c1.O=C(Cl)c1ccc(C(F)(F)F)cc1.O=C(Nc1ccccc1S(=O)(=O)NC(=O)c1ccc(C(F)(F)F)cc1)c1cccc(OCc2ccccc2)c1. The molecular weight excluding hydrogens is 1110 g/mol. The molecule has 0 aliphatic rings. The first kappa shape index (κ1) is 62.0. The van der Waals surface area contributed by atoms with Crippen molar-refractivity contribution in [3.05, 3.63) is 251 Å². The third kappa shape index (κ3) is 18.4. The van der Waals surface area contributed by atoms with Crippen molar-refractivity contribution in [2.75, 3.05) is 10.6 Å². The molecule has 5 N–H and O–H groups in total. The van der Waals surface area contributed by atoms with Crippen LogP contribution in [0.5, 0.6) is 11.5 Å². The summed E-state index contributed by atoms with van der Waals surface area (Å²) in [6.45, 7) is 0.659. The quantitative estimate of drug-likeness (QED) is 0.0562. The third-order valence-corrected chi connectivity index (χ3v) is 13.3. The van der Waals surface area contributed by atoms with Gasteiger partial charge in [-0.2, -0.15) is 26.3 Å². The predicted octanol–water partition coefficient (Wildman–Crippen LogP) is 12.5. The van der Waals surface area contributed by atoms with Gasteiger partial charge in [-0.25, -0.2) is 26.7 Å². The van der Waals surface area contributed by atoms with Gasteiger partial charge in [0.2, 0.25) is 10.0 Å². The van der Waals surface area contributed by atoms with Crippen molar-refractivity contribution >= 4 is 66.0 Å². The zero-order valence-corrected chi connectivity index (χ0v) is 43.1. The molecule has 0 aromatic heterocycles. The van der Waals surface area contributed by atoms with E-state index in [-0.39, 0.29) is 47.0 Å². The number of nitrogens with one attached hydrogen (secondary N) is 3. The second-order valence-electron chi connectivity index (χ2n) is 16.4. The van der Waals surface area contributed by atoms with Gasteiger partial charge in [0.25, 0.3) is 33.0 Å². The van der Waals surface area contributed by atoms with Crippen LogP contribution in [0.3, 0.4) is 0 Å². The number of sulfonamides is 2. The summed E-state index contributed by atoms with van der Waals surface area (Å²) < 4.78 is 137. The number of nitrogens with two attached hydrogens (primary N) is 1. The van der Waals surface area contributed by atoms with Crippen LogP contribution in [0.4, 0.5) is 37.7 Å². The number of anilines is 2. The summed E-state index contributed by atoms with van der Waals surface area (Å²) in [4.78, 5) is 47.9. The Hall–Kier alpha value is -8.83. The predicted molar refractivity (Wildman–Crippen MR) is 289 cm³/mol. The van der Waals surface area contributed by atoms with E-state index in [1.807, 2.05) is 65.4 Å². The fraction of sp³-hybridized carbons (Fsp3) is 0.0877. The average Bonchev–Trinajstić information content (AvgIpc) is 3.48. The van der Waals surface area contributed by atoms with Crippen LogP contribution in [-0.2, 0) is 45.6 Å². The molecule has 0 saturated carbocycles. The Balaban J connectivity index is 0.000000247. The highest BCUT2D eigenvalue weighted by atomic mass is 35.5. The number of amides is 3. The van der Waals surface area contributed by atoms with Gasteiger partial charge in [-0.05, 0) is 132 Å². The van der Waals surface area contributed by atoms with Crippen LogP contribution >= 0.6 is 11.6 Å². The largest absolute Gasteiger partial charge is 0.489 e. The van der Waals surface area contributed by atoms with Crippen molar-refractivity contribution in [2.45, 2.75) is 42.8 Å². The lowest BCUT2D eigenvalue weighted by Gasteiger charge is -2.13. The van der Waals surface area contributed by atoms with Crippen LogP contribution in [0, 0.1) is 0 Å². The Morgan fingerprint density at radius 3 is 1.23 bits per heavy atom. The number of alkyl halides is 6. The lowest BCUT2D eigenvalue weighted by Crippen LogP contribution is -2.31. The fourth-order valence-corrected chi connectivity index (χ4v) is 8.74. The molecule has 0 aliphatic heterocycles. The highest BCUT2D eigenvalue weighted by Gasteiger charge is 2.31. The Morgan fingerprint density at radius 1 is 0.450 bits per heavy atom. The molecule has 8 aromatic carbocycles. The Kier molecular flexibility index (Phi) is 21.4. The number of halogens is 7. The smallest absolute Gasteiger partial charge is 0.416 e. The minimum absolute atomic E-state index is 0. The molecule has 8 aromatic rings. The first-order chi connectivity index (χ1) is 37.4. The van der Waals surface area contributed by atoms with E-state index >= 15 is 0 Å². The maximum Gasteiger partial charge on any atom is 0.416 e. The monoisotopic (exact) mass is 1160 g/mol. The van der Waals surface area contributed by atoms with Gasteiger partial charge in [0, 0.05) is 22.3 Å². The summed E-state index contributed by atoms with van der Waals surface area (Å²) >= 11 is 5.05. The number of hydrogen-bond acceptors (Lipinski definition) is 10. The summed E-state index contributed by atoms with van der Waals surface area (Å²) in [7, 11) is -8.46. The molecule has 80 heavy (non-hydrogen) atoms. The number of ether oxygens (including phenoxy) is 2. The number of carbonyl (C=O) groups is 4. The minimum atomic E-state index is -4.61. The first-order valence-electron chi connectivity index (χ1n) is 22.9. The number of carbonyl (C=O) groups excluding carboxylic acids is 4. The second kappa shape index (κ2) is 27.7. The zero-order valence-electron chi connectivity index (χ0n) is 40.7. The van der Waals surface area contributed by atoms with E-state index in [1.54, 1.807) is 42.5 Å². The zero-order chi connectivity index (χ0) is 57.4. The molecule has 0 atom stereocenters. The van der Waals surface area contributed by atoms with Crippen molar-refractivity contribution in [2.24, 2.45) is 5.14 Å². The summed E-state index contributed by atoms with van der Waals surface area (Å²) in [6.07, 6.45) is -8.99. The number of primary sulfonamides is 1. The summed E-state index contributed by atoms with van der Waals surface area (Å²) in [6, 6.07) is 50.2. The van der Waals surface area contributed by atoms with E-state index in [2.05, 4.69) is 10.6 Å². The lowest BCUT2D eigenvalue weighted by molar-refractivity contribution is -0.138. The average molecular weight is 1160 g/mol. The molecule has 0 radical (unpaired) electrons. The number of para-hydroxylation sites is 2. The molecule has 0 aliphatic carbocycles. The normalized spacial score (nSPS) is 11.2. The van der Waals surface area contributed by atoms with Gasteiger partial charge in [-0.1, -0.05) is 104 Å². The Labute approximate surface area is 461 Å². The van der Waals surface area contributed by atoms with Gasteiger partial charge in [0.15, 0.2) is 0 Å². The van der Waals surface area contributed by atoms with Crippen molar-refractivity contribution in [1.29, 1.82) is 0 Å². The Morgan fingerprint density at radius 2 is 0.825 bits per heavy atom. The van der Waals surface area contributed by atoms with Gasteiger partial charge in [0.05, 0.1) is 22.5 Å². The van der Waals surface area contributed by atoms with Gasteiger partial charge >= 0.3 is 12.4 Å². The number of benzene rings is 8. The molecular formula is C57H47ClF6N4O10S2. The standard InChI is InChI=1S/C28H21F3N2O5S.C20H18N2O4S.C8H4ClF3O.CH4/c29-28(30,31)22-15-13-20(14-16-22)27(35)33-39(36,37)25-12-5-4-11-24(25)32-26(34)21-9-6-10-23(17-21)38-18-19-7-2-1-3-8-19;21-27(24,25)19-12-5-4-11-18(19)22-20(23)16-9-6-10-17(13-16)26-14-15-7-2-1-3-8-15;9-7(13)5-1-3-6(4-2-5)8(10,11)12;/h1-17H,18H2,(H,32,34)(H,33,35);1-13H,14H2,(H,22,23)(H2,21,24,25);1-4H;1H4. The van der Waals surface area contributed by atoms with Crippen LogP contribution in [0.25, 0.3) is 0 Å². The molecule has 0 heterocycles. The molecule has 416 valence electrons. The van der Waals surface area contributed by atoms with Gasteiger partial charge in [0.1, 0.15) is 34.5 Å². The molecule has 0 bridgehead atoms. The molecule has 14 nitrogen and oxygen atoms in total. The van der Waals surface area contributed by atoms with E-state index in [4.69, 9.17) is 26.2 Å². The minimum Gasteiger partial charge on any atom is -0.489 e. The lowest BCUT2D eigenvalue weighted by atomic mass is 10.1. The van der Waals surface area contributed by atoms with Gasteiger partial charge in [-0.15, -0.1) is 0 Å². The van der Waals surface area contributed by atoms with Crippen LogP contribution < -0.4 is 30.0 Å². The molecule has 0 spiro atoms. The second-order valence-corrected chi connectivity index (χ2v) is 19.9. The van der Waals surface area contributed by atoms with Crippen molar-refractivity contribution in [3.63, 3.8) is 0 Å². The van der Waals surface area contributed by atoms with E-state index in [9.17, 15) is 62.4 Å². The van der Waals surface area contributed by atoms with Crippen molar-refractivity contribution in [1.82, 2.24) is 4.72 Å². The molecule has 0 saturated heterocycles. The number of rotatable bonds is 15. The molecule has 8 rings (SSSR count). The molecule has 0 unspecified atom stereocenters. The summed E-state index contributed by atoms with van der Waals surface area (Å²) in [5, 5.41) is 9.52. The maximum atomic E-state index is 13.0. The fourth-order valence-electron chi connectivity index (χ4n) is 6.78. The van der Waals surface area contributed by atoms with Crippen LogP contribution in [0.2, 0.25) is 0 Å².